The van der Waals surface area contributed by atoms with Crippen LogP contribution in [0.2, 0.25) is 0 Å². The van der Waals surface area contributed by atoms with Crippen LogP contribution in [0.1, 0.15) is 12.5 Å². The van der Waals surface area contributed by atoms with E-state index in [9.17, 15) is 5.11 Å². The standard InChI is InChI=1S/C11H17NO3/c1-11(7-13,8-14)12-6-9-3-2-4-10(15)5-9/h2-5,12-15H,6-8H2,1H3. The average Bonchev–Trinajstić information content (AvgIpc) is 2.26. The first kappa shape index (κ1) is 12.0. The van der Waals surface area contributed by atoms with Crippen LogP contribution in [0.4, 0.5) is 0 Å². The molecule has 0 aromatic heterocycles. The fourth-order valence-corrected chi connectivity index (χ4v) is 1.14. The Labute approximate surface area is 89.2 Å². The highest BCUT2D eigenvalue weighted by Gasteiger charge is 2.20. The summed E-state index contributed by atoms with van der Waals surface area (Å²) in [4.78, 5) is 0. The number of hydrogen-bond donors (Lipinski definition) is 4. The van der Waals surface area contributed by atoms with Crippen LogP contribution in [-0.2, 0) is 6.54 Å². The average molecular weight is 211 g/mol. The minimum Gasteiger partial charge on any atom is -0.508 e. The fourth-order valence-electron chi connectivity index (χ4n) is 1.14. The molecule has 1 aromatic carbocycles. The number of hydrogen-bond acceptors (Lipinski definition) is 4. The van der Waals surface area contributed by atoms with Crippen LogP contribution in [0.25, 0.3) is 0 Å². The monoisotopic (exact) mass is 211 g/mol. The van der Waals surface area contributed by atoms with E-state index >= 15 is 0 Å². The lowest BCUT2D eigenvalue weighted by Crippen LogP contribution is -2.48. The van der Waals surface area contributed by atoms with E-state index in [1.165, 1.54) is 0 Å². The molecule has 0 aliphatic heterocycles. The van der Waals surface area contributed by atoms with Crippen LogP contribution < -0.4 is 5.32 Å². The molecule has 4 heteroatoms. The number of aromatic hydroxyl groups is 1. The Kier molecular flexibility index (Phi) is 4.08. The van der Waals surface area contributed by atoms with Gasteiger partial charge in [0, 0.05) is 6.54 Å². The number of aliphatic hydroxyl groups excluding tert-OH is 2. The molecule has 0 atom stereocenters. The van der Waals surface area contributed by atoms with Gasteiger partial charge >= 0.3 is 0 Å². The van der Waals surface area contributed by atoms with Gasteiger partial charge in [-0.05, 0) is 24.6 Å². The highest BCUT2D eigenvalue weighted by molar-refractivity contribution is 5.27. The van der Waals surface area contributed by atoms with Crippen molar-refractivity contribution in [3.63, 3.8) is 0 Å². The molecule has 1 rings (SSSR count). The third-order valence-corrected chi connectivity index (χ3v) is 2.33. The second-order valence-electron chi connectivity index (χ2n) is 3.90. The number of aliphatic hydroxyl groups is 2. The van der Waals surface area contributed by atoms with Crippen molar-refractivity contribution in [1.29, 1.82) is 0 Å². The maximum atomic E-state index is 9.23. The number of phenolic OH excluding ortho intramolecular Hbond substituents is 1. The third kappa shape index (κ3) is 3.51. The molecule has 0 bridgehead atoms. The van der Waals surface area contributed by atoms with Crippen molar-refractivity contribution < 1.29 is 15.3 Å². The molecule has 1 aromatic rings. The Morgan fingerprint density at radius 1 is 1.27 bits per heavy atom. The maximum Gasteiger partial charge on any atom is 0.115 e. The van der Waals surface area contributed by atoms with Crippen LogP contribution in [0.3, 0.4) is 0 Å². The number of benzene rings is 1. The second-order valence-corrected chi connectivity index (χ2v) is 3.90. The molecule has 0 saturated carbocycles. The summed E-state index contributed by atoms with van der Waals surface area (Å²) >= 11 is 0. The van der Waals surface area contributed by atoms with Gasteiger partial charge in [-0.25, -0.2) is 0 Å². The van der Waals surface area contributed by atoms with E-state index in [0.29, 0.717) is 6.54 Å². The minimum absolute atomic E-state index is 0.137. The number of phenols is 1. The molecular weight excluding hydrogens is 194 g/mol. The van der Waals surface area contributed by atoms with Crippen molar-refractivity contribution in [2.75, 3.05) is 13.2 Å². The molecule has 0 spiro atoms. The van der Waals surface area contributed by atoms with Crippen molar-refractivity contribution in [2.45, 2.75) is 19.0 Å². The fraction of sp³-hybridized carbons (Fsp3) is 0.455. The molecule has 0 unspecified atom stereocenters. The molecule has 0 radical (unpaired) electrons. The highest BCUT2D eigenvalue weighted by atomic mass is 16.3. The molecule has 15 heavy (non-hydrogen) atoms. The number of rotatable bonds is 5. The molecule has 0 heterocycles. The van der Waals surface area contributed by atoms with Crippen molar-refractivity contribution in [2.24, 2.45) is 0 Å². The lowest BCUT2D eigenvalue weighted by Gasteiger charge is -2.26. The molecule has 0 fully saturated rings. The highest BCUT2D eigenvalue weighted by Crippen LogP contribution is 2.11. The van der Waals surface area contributed by atoms with Crippen LogP contribution in [0.15, 0.2) is 24.3 Å². The Bertz CT molecular complexity index is 310. The van der Waals surface area contributed by atoms with E-state index in [2.05, 4.69) is 5.32 Å². The van der Waals surface area contributed by atoms with E-state index in [1.54, 1.807) is 25.1 Å². The topological polar surface area (TPSA) is 72.7 Å². The molecule has 0 saturated heterocycles. The van der Waals surface area contributed by atoms with E-state index in [-0.39, 0.29) is 19.0 Å². The lowest BCUT2D eigenvalue weighted by atomic mass is 10.0. The summed E-state index contributed by atoms with van der Waals surface area (Å²) in [6.45, 7) is 1.95. The van der Waals surface area contributed by atoms with Gasteiger partial charge in [-0.1, -0.05) is 12.1 Å². The molecular formula is C11H17NO3. The molecule has 4 nitrogen and oxygen atoms in total. The Morgan fingerprint density at radius 2 is 1.93 bits per heavy atom. The van der Waals surface area contributed by atoms with Crippen LogP contribution >= 0.6 is 0 Å². The largest absolute Gasteiger partial charge is 0.508 e. The summed E-state index contributed by atoms with van der Waals surface area (Å²) in [7, 11) is 0. The molecule has 0 aliphatic rings. The zero-order valence-corrected chi connectivity index (χ0v) is 8.77. The predicted octanol–water partition coefficient (Wildman–Crippen LogP) is 0.225. The van der Waals surface area contributed by atoms with Crippen molar-refractivity contribution in [3.8, 4) is 5.75 Å². The van der Waals surface area contributed by atoms with Crippen LogP contribution in [0.5, 0.6) is 5.75 Å². The van der Waals surface area contributed by atoms with Crippen LogP contribution in [-0.4, -0.2) is 34.1 Å². The SMILES string of the molecule is CC(CO)(CO)NCc1cccc(O)c1. The van der Waals surface area contributed by atoms with E-state index in [4.69, 9.17) is 10.2 Å². The summed E-state index contributed by atoms with van der Waals surface area (Å²) in [5, 5.41) is 30.4. The molecule has 0 amide bonds. The predicted molar refractivity (Wildman–Crippen MR) is 57.5 cm³/mol. The zero-order valence-electron chi connectivity index (χ0n) is 8.77. The van der Waals surface area contributed by atoms with Crippen molar-refractivity contribution >= 4 is 0 Å². The van der Waals surface area contributed by atoms with Crippen molar-refractivity contribution in [1.82, 2.24) is 5.32 Å². The number of nitrogens with one attached hydrogen (secondary N) is 1. The molecule has 4 N–H and O–H groups in total. The van der Waals surface area contributed by atoms with Gasteiger partial charge in [0.15, 0.2) is 0 Å². The van der Waals surface area contributed by atoms with E-state index in [1.807, 2.05) is 6.07 Å². The minimum atomic E-state index is -0.689. The maximum absolute atomic E-state index is 9.23. The normalized spacial score (nSPS) is 11.7. The van der Waals surface area contributed by atoms with Gasteiger partial charge in [-0.15, -0.1) is 0 Å². The van der Waals surface area contributed by atoms with Crippen LogP contribution in [0, 0.1) is 0 Å². The quantitative estimate of drug-likeness (QED) is 0.562. The van der Waals surface area contributed by atoms with Gasteiger partial charge in [0.05, 0.1) is 18.8 Å². The Balaban J connectivity index is 2.56. The summed E-state index contributed by atoms with van der Waals surface area (Å²) < 4.78 is 0. The second kappa shape index (κ2) is 5.11. The first-order valence-electron chi connectivity index (χ1n) is 4.84. The van der Waals surface area contributed by atoms with E-state index < -0.39 is 5.54 Å². The van der Waals surface area contributed by atoms with Gasteiger partial charge in [0.1, 0.15) is 5.75 Å². The zero-order chi connectivity index (χ0) is 11.3. The van der Waals surface area contributed by atoms with Gasteiger partial charge in [0.2, 0.25) is 0 Å². The first-order chi connectivity index (χ1) is 7.09. The van der Waals surface area contributed by atoms with Gasteiger partial charge in [-0.2, -0.15) is 0 Å². The van der Waals surface area contributed by atoms with Gasteiger partial charge in [0.25, 0.3) is 0 Å². The van der Waals surface area contributed by atoms with Gasteiger partial charge in [-0.3, -0.25) is 0 Å². The third-order valence-electron chi connectivity index (χ3n) is 2.33. The first-order valence-corrected chi connectivity index (χ1v) is 4.84. The molecule has 0 aliphatic carbocycles. The molecule has 84 valence electrons. The Morgan fingerprint density at radius 3 is 2.47 bits per heavy atom. The van der Waals surface area contributed by atoms with E-state index in [0.717, 1.165) is 5.56 Å². The smallest absolute Gasteiger partial charge is 0.115 e. The lowest BCUT2D eigenvalue weighted by molar-refractivity contribution is 0.103. The summed E-state index contributed by atoms with van der Waals surface area (Å²) in [5.74, 6) is 0.212. The Hall–Kier alpha value is -1.10. The summed E-state index contributed by atoms with van der Waals surface area (Å²) in [6, 6.07) is 6.85. The summed E-state index contributed by atoms with van der Waals surface area (Å²) in [5.41, 5.74) is 0.217. The van der Waals surface area contributed by atoms with Crippen molar-refractivity contribution in [3.05, 3.63) is 29.8 Å². The van der Waals surface area contributed by atoms with Gasteiger partial charge < -0.3 is 20.6 Å². The summed E-state index contributed by atoms with van der Waals surface area (Å²) in [6.07, 6.45) is 0.